The molecule has 0 radical (unpaired) electrons. The van der Waals surface area contributed by atoms with Crippen LogP contribution in [0.25, 0.3) is 0 Å². The molecule has 3 aromatic carbocycles. The molecule has 0 unspecified atom stereocenters. The van der Waals surface area contributed by atoms with Gasteiger partial charge in [0.25, 0.3) is 0 Å². The lowest BCUT2D eigenvalue weighted by molar-refractivity contribution is -0.161. The van der Waals surface area contributed by atoms with Crippen molar-refractivity contribution in [1.29, 1.82) is 0 Å². The minimum atomic E-state index is -5.20. The molecule has 32 heavy (non-hydrogen) atoms. The number of nitrogen functional groups attached to an aromatic ring is 6. The van der Waals surface area contributed by atoms with Crippen molar-refractivity contribution < 1.29 is 26.3 Å². The van der Waals surface area contributed by atoms with Crippen molar-refractivity contribution in [2.24, 2.45) is 0 Å². The highest BCUT2D eigenvalue weighted by Gasteiger charge is 2.45. The van der Waals surface area contributed by atoms with Crippen LogP contribution < -0.4 is 34.4 Å². The predicted octanol–water partition coefficient (Wildman–Crippen LogP) is 4.59. The fourth-order valence-corrected chi connectivity index (χ4v) is 2.23. The molecule has 12 N–H and O–H groups in total. The molecule has 0 bridgehead atoms. The average molecular weight is 460 g/mol. The van der Waals surface area contributed by atoms with Crippen LogP contribution in [-0.4, -0.2) is 0 Å². The van der Waals surface area contributed by atoms with Crippen LogP contribution in [0.5, 0.6) is 0 Å². The maximum atomic E-state index is 12.4. The van der Waals surface area contributed by atoms with Crippen molar-refractivity contribution in [2.75, 3.05) is 34.4 Å². The SMILES string of the molecule is Nc1ccc(C(F)(F)F)c(C(F)(F)F)c1N.Nc1ccc(N)cc1.Nc1cccc(N)c1. The van der Waals surface area contributed by atoms with E-state index in [1.54, 1.807) is 42.5 Å². The molecule has 12 heteroatoms. The fraction of sp³-hybridized carbons (Fsp3) is 0.100. The molecule has 0 spiro atoms. The van der Waals surface area contributed by atoms with E-state index in [-0.39, 0.29) is 6.07 Å². The predicted molar refractivity (Wildman–Crippen MR) is 116 cm³/mol. The van der Waals surface area contributed by atoms with Crippen molar-refractivity contribution in [3.8, 4) is 0 Å². The zero-order valence-corrected chi connectivity index (χ0v) is 16.5. The Morgan fingerprint density at radius 2 is 0.938 bits per heavy atom. The molecule has 174 valence electrons. The quantitative estimate of drug-likeness (QED) is 0.213. The number of benzene rings is 3. The monoisotopic (exact) mass is 460 g/mol. The topological polar surface area (TPSA) is 156 Å². The molecule has 0 aromatic heterocycles. The van der Waals surface area contributed by atoms with Gasteiger partial charge in [0.15, 0.2) is 0 Å². The molecule has 3 aromatic rings. The summed E-state index contributed by atoms with van der Waals surface area (Å²) in [4.78, 5) is 0. The zero-order chi connectivity index (χ0) is 24.7. The normalized spacial score (nSPS) is 10.9. The Kier molecular flexibility index (Phi) is 8.45. The third-order valence-corrected chi connectivity index (χ3v) is 3.72. The van der Waals surface area contributed by atoms with Crippen molar-refractivity contribution in [3.05, 3.63) is 71.8 Å². The van der Waals surface area contributed by atoms with E-state index in [4.69, 9.17) is 34.4 Å². The van der Waals surface area contributed by atoms with Crippen LogP contribution in [0.1, 0.15) is 11.1 Å². The molecule has 0 saturated heterocycles. The summed E-state index contributed by atoms with van der Waals surface area (Å²) in [6.45, 7) is 0. The van der Waals surface area contributed by atoms with Crippen LogP contribution in [0.15, 0.2) is 60.7 Å². The summed E-state index contributed by atoms with van der Waals surface area (Å²) in [5.74, 6) is 0. The number of hydrogen-bond donors (Lipinski definition) is 6. The number of anilines is 6. The largest absolute Gasteiger partial charge is 0.419 e. The van der Waals surface area contributed by atoms with E-state index in [1.165, 1.54) is 0 Å². The third-order valence-electron chi connectivity index (χ3n) is 3.72. The lowest BCUT2D eigenvalue weighted by Crippen LogP contribution is -2.19. The standard InChI is InChI=1S/C8H6F6N2.2C6H8N2/c9-7(10,11)3-1-2-4(15)6(16)5(3)8(12,13)14;7-5-1-2-6(8)4-3-5;7-5-2-1-3-6(8)4-5/h1-2H,15-16H2;2*1-4H,7-8H2. The van der Waals surface area contributed by atoms with Crippen LogP contribution in [-0.2, 0) is 12.4 Å². The second kappa shape index (κ2) is 10.4. The molecule has 0 atom stereocenters. The first-order valence-corrected chi connectivity index (χ1v) is 8.67. The average Bonchev–Trinajstić information content (AvgIpc) is 2.65. The fourth-order valence-electron chi connectivity index (χ4n) is 2.23. The first-order chi connectivity index (χ1) is 14.6. The van der Waals surface area contributed by atoms with Gasteiger partial charge < -0.3 is 34.4 Å². The van der Waals surface area contributed by atoms with Crippen LogP contribution in [0.4, 0.5) is 60.5 Å². The molecule has 0 saturated carbocycles. The van der Waals surface area contributed by atoms with E-state index in [1.807, 2.05) is 6.07 Å². The maximum Gasteiger partial charge on any atom is 0.419 e. The summed E-state index contributed by atoms with van der Waals surface area (Å²) in [6.07, 6.45) is -10.3. The van der Waals surface area contributed by atoms with Crippen LogP contribution in [0.3, 0.4) is 0 Å². The summed E-state index contributed by atoms with van der Waals surface area (Å²) < 4.78 is 74.0. The Bertz CT molecular complexity index is 978. The Morgan fingerprint density at radius 3 is 1.25 bits per heavy atom. The van der Waals surface area contributed by atoms with Gasteiger partial charge in [-0.25, -0.2) is 0 Å². The van der Waals surface area contributed by atoms with Crippen molar-refractivity contribution >= 4 is 34.1 Å². The van der Waals surface area contributed by atoms with Gasteiger partial charge in [0.05, 0.1) is 22.5 Å². The Hall–Kier alpha value is -3.96. The van der Waals surface area contributed by atoms with Crippen molar-refractivity contribution in [3.63, 3.8) is 0 Å². The Morgan fingerprint density at radius 1 is 0.500 bits per heavy atom. The van der Waals surface area contributed by atoms with Gasteiger partial charge in [-0.15, -0.1) is 0 Å². The molecule has 0 aliphatic carbocycles. The first-order valence-electron chi connectivity index (χ1n) is 8.67. The molecule has 0 amide bonds. The summed E-state index contributed by atoms with van der Waals surface area (Å²) >= 11 is 0. The van der Waals surface area contributed by atoms with Crippen LogP contribution in [0.2, 0.25) is 0 Å². The summed E-state index contributed by atoms with van der Waals surface area (Å²) in [5.41, 5.74) is 28.9. The minimum Gasteiger partial charge on any atom is -0.399 e. The number of hydrogen-bond acceptors (Lipinski definition) is 6. The van der Waals surface area contributed by atoms with Gasteiger partial charge in [-0.2, -0.15) is 26.3 Å². The van der Waals surface area contributed by atoms with E-state index in [9.17, 15) is 26.3 Å². The van der Waals surface area contributed by atoms with Crippen LogP contribution in [0, 0.1) is 0 Å². The first kappa shape index (κ1) is 26.1. The molecular formula is C20H22F6N6. The number of halogens is 6. The van der Waals surface area contributed by atoms with E-state index < -0.39 is 34.9 Å². The summed E-state index contributed by atoms with van der Waals surface area (Å²) in [5, 5.41) is 0. The zero-order valence-electron chi connectivity index (χ0n) is 16.5. The van der Waals surface area contributed by atoms with E-state index in [0.717, 1.165) is 11.4 Å². The van der Waals surface area contributed by atoms with Crippen LogP contribution >= 0.6 is 0 Å². The van der Waals surface area contributed by atoms with E-state index in [0.29, 0.717) is 17.4 Å². The molecule has 6 nitrogen and oxygen atoms in total. The van der Waals surface area contributed by atoms with Gasteiger partial charge in [0.2, 0.25) is 0 Å². The lowest BCUT2D eigenvalue weighted by atomic mass is 10.0. The number of alkyl halides is 6. The molecule has 0 fully saturated rings. The number of rotatable bonds is 0. The molecular weight excluding hydrogens is 438 g/mol. The Labute approximate surface area is 179 Å². The third kappa shape index (κ3) is 8.05. The van der Waals surface area contributed by atoms with Gasteiger partial charge in [0, 0.05) is 22.7 Å². The molecule has 3 rings (SSSR count). The minimum absolute atomic E-state index is 0.258. The number of nitrogens with two attached hydrogens (primary N) is 6. The Balaban J connectivity index is 0.000000267. The summed E-state index contributed by atoms with van der Waals surface area (Å²) in [6, 6.07) is 15.2. The highest BCUT2D eigenvalue weighted by Crippen LogP contribution is 2.44. The second-order valence-electron chi connectivity index (χ2n) is 6.32. The van der Waals surface area contributed by atoms with Gasteiger partial charge >= 0.3 is 12.4 Å². The molecule has 0 aliphatic heterocycles. The van der Waals surface area contributed by atoms with Crippen molar-refractivity contribution in [1.82, 2.24) is 0 Å². The smallest absolute Gasteiger partial charge is 0.399 e. The lowest BCUT2D eigenvalue weighted by Gasteiger charge is -2.18. The maximum absolute atomic E-state index is 12.4. The van der Waals surface area contributed by atoms with E-state index >= 15 is 0 Å². The van der Waals surface area contributed by atoms with Gasteiger partial charge in [-0.1, -0.05) is 6.07 Å². The van der Waals surface area contributed by atoms with Gasteiger partial charge in [-0.05, 0) is 54.6 Å². The molecule has 0 heterocycles. The molecule has 0 aliphatic rings. The highest BCUT2D eigenvalue weighted by molar-refractivity contribution is 5.70. The van der Waals surface area contributed by atoms with E-state index in [2.05, 4.69) is 0 Å². The summed E-state index contributed by atoms with van der Waals surface area (Å²) in [7, 11) is 0. The van der Waals surface area contributed by atoms with Gasteiger partial charge in [0.1, 0.15) is 0 Å². The highest BCUT2D eigenvalue weighted by atomic mass is 19.4. The second-order valence-corrected chi connectivity index (χ2v) is 6.32. The van der Waals surface area contributed by atoms with Gasteiger partial charge in [-0.3, -0.25) is 0 Å². The van der Waals surface area contributed by atoms with Crippen molar-refractivity contribution in [2.45, 2.75) is 12.4 Å².